The van der Waals surface area contributed by atoms with Crippen LogP contribution in [-0.4, -0.2) is 10.2 Å². The normalized spacial score (nSPS) is 23.4. The molecule has 0 bridgehead atoms. The third-order valence-electron chi connectivity index (χ3n) is 1.79. The molecule has 0 aromatic heterocycles. The minimum Gasteiger partial charge on any atom is -0.508 e. The molecule has 0 unspecified atom stereocenters. The van der Waals surface area contributed by atoms with Crippen LogP contribution in [0.5, 0.6) is 0 Å². The number of hydrogen-bond acceptors (Lipinski definition) is 2. The molecule has 0 aromatic rings. The van der Waals surface area contributed by atoms with Gasteiger partial charge in [-0.1, -0.05) is 19.9 Å². The second-order valence-corrected chi connectivity index (χ2v) is 3.22. The van der Waals surface area contributed by atoms with E-state index >= 15 is 0 Å². The molecule has 2 nitrogen and oxygen atoms in total. The van der Waals surface area contributed by atoms with E-state index in [2.05, 4.69) is 0 Å². The molecular weight excluding hydrogens is 128 g/mol. The van der Waals surface area contributed by atoms with E-state index in [-0.39, 0.29) is 16.9 Å². The molecule has 0 aliphatic heterocycles. The molecule has 0 amide bonds. The van der Waals surface area contributed by atoms with Gasteiger partial charge in [0.25, 0.3) is 0 Å². The van der Waals surface area contributed by atoms with E-state index in [4.69, 9.17) is 5.11 Å². The standard InChI is InChI=1S/C8H12O2/c1-8(2)5-3-4-6(9)7(8)10/h3-4,9-10H,5H2,1-2H3. The van der Waals surface area contributed by atoms with Gasteiger partial charge in [0, 0.05) is 5.41 Å². The predicted molar refractivity (Wildman–Crippen MR) is 39.8 cm³/mol. The molecule has 0 spiro atoms. The van der Waals surface area contributed by atoms with E-state index < -0.39 is 0 Å². The van der Waals surface area contributed by atoms with Crippen molar-refractivity contribution in [3.63, 3.8) is 0 Å². The second-order valence-electron chi connectivity index (χ2n) is 3.22. The Morgan fingerprint density at radius 1 is 1.40 bits per heavy atom. The summed E-state index contributed by atoms with van der Waals surface area (Å²) in [7, 11) is 0. The molecule has 0 fully saturated rings. The minimum absolute atomic E-state index is 0.00347. The molecule has 0 saturated heterocycles. The maximum atomic E-state index is 9.28. The van der Waals surface area contributed by atoms with Crippen molar-refractivity contribution >= 4 is 0 Å². The van der Waals surface area contributed by atoms with Crippen LogP contribution in [0.3, 0.4) is 0 Å². The lowest BCUT2D eigenvalue weighted by Crippen LogP contribution is -2.17. The van der Waals surface area contributed by atoms with Crippen LogP contribution < -0.4 is 0 Å². The van der Waals surface area contributed by atoms with Gasteiger partial charge in [0.05, 0.1) is 0 Å². The first-order valence-electron chi connectivity index (χ1n) is 3.33. The van der Waals surface area contributed by atoms with E-state index in [0.29, 0.717) is 0 Å². The molecule has 10 heavy (non-hydrogen) atoms. The Labute approximate surface area is 60.5 Å². The fourth-order valence-electron chi connectivity index (χ4n) is 0.987. The molecular formula is C8H12O2. The van der Waals surface area contributed by atoms with Crippen molar-refractivity contribution in [2.75, 3.05) is 0 Å². The summed E-state index contributed by atoms with van der Waals surface area (Å²) in [6.07, 6.45) is 4.17. The first kappa shape index (κ1) is 7.19. The monoisotopic (exact) mass is 140 g/mol. The molecule has 0 saturated carbocycles. The number of aliphatic hydroxyl groups is 2. The molecule has 2 N–H and O–H groups in total. The van der Waals surface area contributed by atoms with Gasteiger partial charge >= 0.3 is 0 Å². The van der Waals surface area contributed by atoms with E-state index in [1.807, 2.05) is 19.9 Å². The highest BCUT2D eigenvalue weighted by Gasteiger charge is 2.26. The van der Waals surface area contributed by atoms with E-state index in [9.17, 15) is 5.11 Å². The first-order chi connectivity index (χ1) is 4.54. The summed E-state index contributed by atoms with van der Waals surface area (Å²) in [5.41, 5.74) is -0.293. The van der Waals surface area contributed by atoms with Crippen molar-refractivity contribution in [1.82, 2.24) is 0 Å². The van der Waals surface area contributed by atoms with Gasteiger partial charge in [-0.15, -0.1) is 0 Å². The Bertz CT molecular complexity index is 199. The molecule has 0 atom stereocenters. The molecule has 1 rings (SSSR count). The third-order valence-corrected chi connectivity index (χ3v) is 1.79. The van der Waals surface area contributed by atoms with Gasteiger partial charge in [-0.05, 0) is 12.5 Å². The van der Waals surface area contributed by atoms with Crippen LogP contribution in [0.2, 0.25) is 0 Å². The Hall–Kier alpha value is -0.920. The van der Waals surface area contributed by atoms with Crippen LogP contribution in [0.1, 0.15) is 20.3 Å². The Morgan fingerprint density at radius 3 is 2.40 bits per heavy atom. The maximum Gasteiger partial charge on any atom is 0.153 e. The average molecular weight is 140 g/mol. The molecule has 0 aromatic carbocycles. The fourth-order valence-corrected chi connectivity index (χ4v) is 0.987. The molecule has 1 aliphatic rings. The lowest BCUT2D eigenvalue weighted by Gasteiger charge is -2.25. The zero-order valence-electron chi connectivity index (χ0n) is 6.26. The van der Waals surface area contributed by atoms with Gasteiger partial charge in [-0.3, -0.25) is 0 Å². The predicted octanol–water partition coefficient (Wildman–Crippen LogP) is 2.30. The topological polar surface area (TPSA) is 40.5 Å². The van der Waals surface area contributed by atoms with E-state index in [1.54, 1.807) is 0 Å². The second kappa shape index (κ2) is 2.04. The van der Waals surface area contributed by atoms with Crippen molar-refractivity contribution in [1.29, 1.82) is 0 Å². The Balaban J connectivity index is 2.99. The summed E-state index contributed by atoms with van der Waals surface area (Å²) in [6, 6.07) is 0. The summed E-state index contributed by atoms with van der Waals surface area (Å²) in [5, 5.41) is 18.3. The lowest BCUT2D eigenvalue weighted by molar-refractivity contribution is 0.221. The summed E-state index contributed by atoms with van der Waals surface area (Å²) in [4.78, 5) is 0. The molecule has 0 heterocycles. The molecule has 1 aliphatic carbocycles. The van der Waals surface area contributed by atoms with Crippen molar-refractivity contribution in [2.45, 2.75) is 20.3 Å². The van der Waals surface area contributed by atoms with Crippen molar-refractivity contribution in [3.05, 3.63) is 23.7 Å². The summed E-state index contributed by atoms with van der Waals surface area (Å²) in [6.45, 7) is 3.78. The van der Waals surface area contributed by atoms with Gasteiger partial charge in [0.2, 0.25) is 0 Å². The van der Waals surface area contributed by atoms with Crippen LogP contribution in [-0.2, 0) is 0 Å². The van der Waals surface area contributed by atoms with Crippen molar-refractivity contribution in [2.24, 2.45) is 5.41 Å². The Kier molecular flexibility index (Phi) is 1.47. The van der Waals surface area contributed by atoms with Crippen LogP contribution >= 0.6 is 0 Å². The molecule has 0 radical (unpaired) electrons. The largest absolute Gasteiger partial charge is 0.508 e. The highest BCUT2D eigenvalue weighted by Crippen LogP contribution is 2.33. The number of aliphatic hydroxyl groups excluding tert-OH is 2. The highest BCUT2D eigenvalue weighted by molar-refractivity contribution is 5.24. The van der Waals surface area contributed by atoms with E-state index in [0.717, 1.165) is 6.42 Å². The smallest absolute Gasteiger partial charge is 0.153 e. The minimum atomic E-state index is -0.293. The van der Waals surface area contributed by atoms with Crippen LogP contribution in [0.15, 0.2) is 23.7 Å². The zero-order valence-corrected chi connectivity index (χ0v) is 6.26. The maximum absolute atomic E-state index is 9.28. The van der Waals surface area contributed by atoms with Gasteiger partial charge in [0.1, 0.15) is 5.76 Å². The van der Waals surface area contributed by atoms with Gasteiger partial charge in [0.15, 0.2) is 5.76 Å². The van der Waals surface area contributed by atoms with Crippen molar-refractivity contribution in [3.8, 4) is 0 Å². The quantitative estimate of drug-likeness (QED) is 0.542. The molecule has 56 valence electrons. The van der Waals surface area contributed by atoms with E-state index in [1.165, 1.54) is 6.08 Å². The highest BCUT2D eigenvalue weighted by atomic mass is 16.3. The summed E-state index contributed by atoms with van der Waals surface area (Å²) >= 11 is 0. The zero-order chi connectivity index (χ0) is 7.78. The SMILES string of the molecule is CC1(C)CC=CC(O)=C1O. The molecule has 2 heteroatoms. The Morgan fingerprint density at radius 2 is 2.00 bits per heavy atom. The average Bonchev–Trinajstić information content (AvgIpc) is 1.83. The number of allylic oxidation sites excluding steroid dienone is 3. The van der Waals surface area contributed by atoms with Gasteiger partial charge in [-0.25, -0.2) is 0 Å². The van der Waals surface area contributed by atoms with Gasteiger partial charge in [-0.2, -0.15) is 0 Å². The lowest BCUT2D eigenvalue weighted by atomic mass is 9.83. The van der Waals surface area contributed by atoms with Crippen LogP contribution in [0.4, 0.5) is 0 Å². The number of hydrogen-bond donors (Lipinski definition) is 2. The fraction of sp³-hybridized carbons (Fsp3) is 0.500. The number of rotatable bonds is 0. The van der Waals surface area contributed by atoms with Crippen molar-refractivity contribution < 1.29 is 10.2 Å². The summed E-state index contributed by atoms with van der Waals surface area (Å²) < 4.78 is 0. The first-order valence-corrected chi connectivity index (χ1v) is 3.33. The summed E-state index contributed by atoms with van der Waals surface area (Å²) in [5.74, 6) is 0.0891. The third kappa shape index (κ3) is 1.01. The van der Waals surface area contributed by atoms with Crippen LogP contribution in [0.25, 0.3) is 0 Å². The van der Waals surface area contributed by atoms with Gasteiger partial charge < -0.3 is 10.2 Å². The van der Waals surface area contributed by atoms with Crippen LogP contribution in [0, 0.1) is 5.41 Å².